The summed E-state index contributed by atoms with van der Waals surface area (Å²) < 4.78 is 17.9. The van der Waals surface area contributed by atoms with Crippen LogP contribution in [0, 0.1) is 0 Å². The summed E-state index contributed by atoms with van der Waals surface area (Å²) >= 11 is 0. The average molecular weight is 430 g/mol. The highest BCUT2D eigenvalue weighted by Crippen LogP contribution is 2.25. The Morgan fingerprint density at radius 1 is 0.875 bits per heavy atom. The number of anilines is 1. The third-order valence-electron chi connectivity index (χ3n) is 4.73. The maximum Gasteiger partial charge on any atom is 0.281 e. The Labute approximate surface area is 185 Å². The van der Waals surface area contributed by atoms with Crippen LogP contribution in [0.1, 0.15) is 16.1 Å². The van der Waals surface area contributed by atoms with Gasteiger partial charge in [-0.15, -0.1) is 5.10 Å². The molecule has 1 aromatic heterocycles. The molecule has 0 saturated carbocycles. The number of hydrogen-bond donors (Lipinski definition) is 1. The number of rotatable bonds is 8. The van der Waals surface area contributed by atoms with Crippen LogP contribution in [0.2, 0.25) is 0 Å². The van der Waals surface area contributed by atoms with Crippen LogP contribution in [0.5, 0.6) is 17.4 Å². The van der Waals surface area contributed by atoms with E-state index in [4.69, 9.17) is 14.2 Å². The van der Waals surface area contributed by atoms with Crippen molar-refractivity contribution in [2.45, 2.75) is 6.61 Å². The molecule has 4 aromatic rings. The molecule has 32 heavy (non-hydrogen) atoms. The third kappa shape index (κ3) is 4.70. The van der Waals surface area contributed by atoms with Crippen molar-refractivity contribution in [1.29, 1.82) is 0 Å². The lowest BCUT2D eigenvalue weighted by atomic mass is 10.2. The van der Waals surface area contributed by atoms with Gasteiger partial charge in [-0.1, -0.05) is 35.5 Å². The van der Waals surface area contributed by atoms with Crippen LogP contribution < -0.4 is 19.5 Å². The molecule has 1 amide bonds. The minimum atomic E-state index is -0.432. The topological polar surface area (TPSA) is 87.5 Å². The molecule has 162 valence electrons. The van der Waals surface area contributed by atoms with E-state index in [-0.39, 0.29) is 18.2 Å². The number of aromatic nitrogens is 3. The van der Waals surface area contributed by atoms with Crippen LogP contribution in [0.25, 0.3) is 5.69 Å². The molecule has 0 aliphatic rings. The summed E-state index contributed by atoms with van der Waals surface area (Å²) in [5.74, 6) is 1.21. The van der Waals surface area contributed by atoms with Gasteiger partial charge in [0.1, 0.15) is 18.1 Å². The Morgan fingerprint density at radius 3 is 2.12 bits per heavy atom. The normalized spacial score (nSPS) is 10.4. The first kappa shape index (κ1) is 20.9. The molecule has 0 radical (unpaired) electrons. The van der Waals surface area contributed by atoms with Gasteiger partial charge in [0.25, 0.3) is 11.8 Å². The zero-order valence-corrected chi connectivity index (χ0v) is 17.7. The highest BCUT2D eigenvalue weighted by Gasteiger charge is 2.23. The Bertz CT molecular complexity index is 1170. The number of carbonyl (C=O) groups is 1. The summed E-state index contributed by atoms with van der Waals surface area (Å²) in [7, 11) is 3.18. The molecule has 0 atom stereocenters. The minimum absolute atomic E-state index is 0.0765. The van der Waals surface area contributed by atoms with Gasteiger partial charge in [0.15, 0.2) is 0 Å². The van der Waals surface area contributed by atoms with Crippen LogP contribution in [-0.2, 0) is 6.61 Å². The molecule has 0 spiro atoms. The van der Waals surface area contributed by atoms with E-state index in [1.54, 1.807) is 50.6 Å². The van der Waals surface area contributed by atoms with Gasteiger partial charge in [0.2, 0.25) is 5.69 Å². The van der Waals surface area contributed by atoms with Gasteiger partial charge in [0.05, 0.1) is 19.9 Å². The lowest BCUT2D eigenvalue weighted by Crippen LogP contribution is -2.14. The monoisotopic (exact) mass is 430 g/mol. The van der Waals surface area contributed by atoms with Crippen molar-refractivity contribution in [2.24, 2.45) is 0 Å². The fourth-order valence-electron chi connectivity index (χ4n) is 3.03. The average Bonchev–Trinajstić information content (AvgIpc) is 3.28. The van der Waals surface area contributed by atoms with E-state index in [1.165, 1.54) is 4.68 Å². The van der Waals surface area contributed by atoms with Crippen LogP contribution in [0.15, 0.2) is 78.9 Å². The molecule has 0 unspecified atom stereocenters. The molecule has 0 saturated heterocycles. The maximum atomic E-state index is 13.0. The number of nitrogens with one attached hydrogen (secondary N) is 1. The van der Waals surface area contributed by atoms with E-state index in [9.17, 15) is 4.79 Å². The number of amides is 1. The molecule has 4 rings (SSSR count). The number of benzene rings is 3. The summed E-state index contributed by atoms with van der Waals surface area (Å²) in [5.41, 5.74) is 2.32. The van der Waals surface area contributed by atoms with Crippen molar-refractivity contribution in [3.63, 3.8) is 0 Å². The van der Waals surface area contributed by atoms with Crippen molar-refractivity contribution < 1.29 is 19.0 Å². The van der Waals surface area contributed by atoms with Crippen LogP contribution in [0.3, 0.4) is 0 Å². The van der Waals surface area contributed by atoms with Crippen molar-refractivity contribution >= 4 is 11.6 Å². The molecule has 8 heteroatoms. The summed E-state index contributed by atoms with van der Waals surface area (Å²) in [6, 6.07) is 23.9. The lowest BCUT2D eigenvalue weighted by Gasteiger charge is -2.11. The first-order valence-electron chi connectivity index (χ1n) is 9.90. The van der Waals surface area contributed by atoms with Crippen LogP contribution in [0.4, 0.5) is 5.69 Å². The third-order valence-corrected chi connectivity index (χ3v) is 4.73. The predicted octanol–water partition coefficient (Wildman–Crippen LogP) is 4.12. The van der Waals surface area contributed by atoms with E-state index in [2.05, 4.69) is 15.6 Å². The van der Waals surface area contributed by atoms with Crippen LogP contribution >= 0.6 is 0 Å². The summed E-state index contributed by atoms with van der Waals surface area (Å²) in [5, 5.41) is 11.1. The molecule has 1 heterocycles. The maximum absolute atomic E-state index is 13.0. The van der Waals surface area contributed by atoms with Crippen molar-refractivity contribution in [2.75, 3.05) is 19.5 Å². The first-order chi connectivity index (χ1) is 15.7. The molecular formula is C24H22N4O4. The number of hydrogen-bond acceptors (Lipinski definition) is 6. The standard InChI is InChI=1S/C24H22N4O4/c1-30-20-12-8-18(9-13-20)25-23(29)22-24(32-16-17-6-4-3-5-7-17)28(27-26-22)19-10-14-21(31-2)15-11-19/h3-15H,16H2,1-2H3,(H,25,29). The Balaban J connectivity index is 1.63. The van der Waals surface area contributed by atoms with Gasteiger partial charge in [-0.3, -0.25) is 4.79 Å². The fourth-order valence-corrected chi connectivity index (χ4v) is 3.03. The molecule has 0 aliphatic carbocycles. The van der Waals surface area contributed by atoms with Gasteiger partial charge < -0.3 is 19.5 Å². The van der Waals surface area contributed by atoms with E-state index < -0.39 is 5.91 Å². The largest absolute Gasteiger partial charge is 0.497 e. The molecule has 0 aliphatic heterocycles. The second-order valence-electron chi connectivity index (χ2n) is 6.81. The first-order valence-corrected chi connectivity index (χ1v) is 9.90. The minimum Gasteiger partial charge on any atom is -0.497 e. The molecule has 0 bridgehead atoms. The molecule has 8 nitrogen and oxygen atoms in total. The number of nitrogens with zero attached hydrogens (tertiary/aromatic N) is 3. The summed E-state index contributed by atoms with van der Waals surface area (Å²) in [6.45, 7) is 0.257. The summed E-state index contributed by atoms with van der Waals surface area (Å²) in [6.07, 6.45) is 0. The fraction of sp³-hybridized carbons (Fsp3) is 0.125. The Morgan fingerprint density at radius 2 is 1.50 bits per heavy atom. The van der Waals surface area contributed by atoms with Gasteiger partial charge in [0, 0.05) is 5.69 Å². The summed E-state index contributed by atoms with van der Waals surface area (Å²) in [4.78, 5) is 13.0. The Hall–Kier alpha value is -4.33. The van der Waals surface area contributed by atoms with E-state index in [0.29, 0.717) is 22.9 Å². The van der Waals surface area contributed by atoms with Crippen LogP contribution in [-0.4, -0.2) is 35.1 Å². The lowest BCUT2D eigenvalue weighted by molar-refractivity contribution is 0.101. The van der Waals surface area contributed by atoms with Gasteiger partial charge >= 0.3 is 0 Å². The van der Waals surface area contributed by atoms with Gasteiger partial charge in [-0.2, -0.15) is 4.68 Å². The second kappa shape index (κ2) is 9.65. The molecule has 3 aromatic carbocycles. The van der Waals surface area contributed by atoms with E-state index >= 15 is 0 Å². The highest BCUT2D eigenvalue weighted by atomic mass is 16.5. The van der Waals surface area contributed by atoms with Crippen molar-refractivity contribution in [3.8, 4) is 23.1 Å². The van der Waals surface area contributed by atoms with E-state index in [0.717, 1.165) is 5.56 Å². The molecular weight excluding hydrogens is 408 g/mol. The van der Waals surface area contributed by atoms with Crippen molar-refractivity contribution in [3.05, 3.63) is 90.1 Å². The Kier molecular flexibility index (Phi) is 6.31. The number of methoxy groups -OCH3 is 2. The number of ether oxygens (including phenoxy) is 3. The molecule has 1 N–H and O–H groups in total. The second-order valence-corrected chi connectivity index (χ2v) is 6.81. The quantitative estimate of drug-likeness (QED) is 0.453. The zero-order valence-electron chi connectivity index (χ0n) is 17.7. The van der Waals surface area contributed by atoms with Gasteiger partial charge in [-0.25, -0.2) is 0 Å². The smallest absolute Gasteiger partial charge is 0.281 e. The SMILES string of the molecule is COc1ccc(NC(=O)c2nnn(-c3ccc(OC)cc3)c2OCc2ccccc2)cc1. The highest BCUT2D eigenvalue weighted by molar-refractivity contribution is 6.04. The van der Waals surface area contributed by atoms with E-state index in [1.807, 2.05) is 42.5 Å². The predicted molar refractivity (Wildman–Crippen MR) is 120 cm³/mol. The number of carbonyl (C=O) groups excluding carboxylic acids is 1. The van der Waals surface area contributed by atoms with Crippen molar-refractivity contribution in [1.82, 2.24) is 15.0 Å². The molecule has 0 fully saturated rings. The zero-order chi connectivity index (χ0) is 22.3. The van der Waals surface area contributed by atoms with Gasteiger partial charge in [-0.05, 0) is 54.1 Å².